The molecule has 0 radical (unpaired) electrons. The quantitative estimate of drug-likeness (QED) is 0.657. The molecule has 1 aromatic carbocycles. The maximum absolute atomic E-state index is 14.2. The second-order valence-corrected chi connectivity index (χ2v) is 5.41. The van der Waals surface area contributed by atoms with Crippen LogP contribution in [-0.4, -0.2) is 38.7 Å². The highest BCUT2D eigenvalue weighted by Crippen LogP contribution is 2.26. The molecule has 1 N–H and O–H groups in total. The van der Waals surface area contributed by atoms with Crippen molar-refractivity contribution in [3.8, 4) is 0 Å². The molecule has 1 aromatic heterocycles. The molecule has 0 spiro atoms. The molecule has 1 aliphatic heterocycles. The van der Waals surface area contributed by atoms with Crippen LogP contribution in [0.3, 0.4) is 0 Å². The van der Waals surface area contributed by atoms with Gasteiger partial charge in [0.05, 0.1) is 5.69 Å². The van der Waals surface area contributed by atoms with Crippen LogP contribution in [0.5, 0.6) is 0 Å². The minimum atomic E-state index is -0.749. The van der Waals surface area contributed by atoms with Crippen LogP contribution in [0.25, 0.3) is 0 Å². The second kappa shape index (κ2) is 6.60. The lowest BCUT2D eigenvalue weighted by molar-refractivity contribution is -0.394. The fraction of sp³-hybridized carbons (Fsp3) is 0.357. The van der Waals surface area contributed by atoms with E-state index in [9.17, 15) is 19.3 Å². The average molecular weight is 334 g/mol. The molecular formula is C14H15FN6O3. The molecule has 2 heterocycles. The molecule has 3 rings (SSSR count). The van der Waals surface area contributed by atoms with Crippen molar-refractivity contribution in [2.45, 2.75) is 19.4 Å². The number of benzene rings is 1. The number of hydrogen-bond acceptors (Lipinski definition) is 6. The predicted molar refractivity (Wildman–Crippen MR) is 83.2 cm³/mol. The molecule has 1 aliphatic rings. The highest BCUT2D eigenvalue weighted by molar-refractivity contribution is 5.90. The van der Waals surface area contributed by atoms with Crippen molar-refractivity contribution < 1.29 is 14.1 Å². The Hall–Kier alpha value is -3.04. The summed E-state index contributed by atoms with van der Waals surface area (Å²) in [5.74, 6) is -1.46. The molecule has 0 aliphatic carbocycles. The fourth-order valence-corrected chi connectivity index (χ4v) is 2.59. The third-order valence-corrected chi connectivity index (χ3v) is 3.67. The first-order chi connectivity index (χ1) is 11.5. The Morgan fingerprint density at radius 3 is 2.75 bits per heavy atom. The Kier molecular flexibility index (Phi) is 4.36. The molecule has 9 nitrogen and oxygen atoms in total. The molecule has 1 fully saturated rings. The van der Waals surface area contributed by atoms with E-state index in [2.05, 4.69) is 15.4 Å². The van der Waals surface area contributed by atoms with Crippen molar-refractivity contribution in [3.05, 3.63) is 40.5 Å². The summed E-state index contributed by atoms with van der Waals surface area (Å²) in [6.07, 6.45) is 3.18. The number of nitrogens with one attached hydrogen (secondary N) is 1. The third-order valence-electron chi connectivity index (χ3n) is 3.67. The van der Waals surface area contributed by atoms with Gasteiger partial charge in [-0.15, -0.1) is 0 Å². The Morgan fingerprint density at radius 1 is 1.38 bits per heavy atom. The van der Waals surface area contributed by atoms with E-state index in [1.165, 1.54) is 6.07 Å². The van der Waals surface area contributed by atoms with Gasteiger partial charge in [0.25, 0.3) is 0 Å². The van der Waals surface area contributed by atoms with Crippen molar-refractivity contribution in [3.63, 3.8) is 0 Å². The number of halogens is 1. The van der Waals surface area contributed by atoms with E-state index in [0.717, 1.165) is 36.9 Å². The van der Waals surface area contributed by atoms with Gasteiger partial charge >= 0.3 is 5.95 Å². The molecule has 0 bridgehead atoms. The minimum absolute atomic E-state index is 0.254. The number of hydrogen-bond donors (Lipinski definition) is 1. The van der Waals surface area contributed by atoms with Crippen molar-refractivity contribution in [1.82, 2.24) is 14.8 Å². The molecule has 1 amide bonds. The van der Waals surface area contributed by atoms with Crippen LogP contribution in [-0.2, 0) is 11.3 Å². The van der Waals surface area contributed by atoms with E-state index in [4.69, 9.17) is 0 Å². The van der Waals surface area contributed by atoms with Crippen LogP contribution < -0.4 is 10.2 Å². The lowest BCUT2D eigenvalue weighted by Gasteiger charge is -2.18. The lowest BCUT2D eigenvalue weighted by atomic mass is 10.2. The highest BCUT2D eigenvalue weighted by Gasteiger charge is 2.18. The minimum Gasteiger partial charge on any atom is -0.390 e. The molecule has 24 heavy (non-hydrogen) atoms. The summed E-state index contributed by atoms with van der Waals surface area (Å²) >= 11 is 0. The van der Waals surface area contributed by atoms with Gasteiger partial charge in [0.15, 0.2) is 0 Å². The van der Waals surface area contributed by atoms with Gasteiger partial charge in [-0.3, -0.25) is 4.79 Å². The number of nitro groups is 1. The normalized spacial score (nSPS) is 14.0. The average Bonchev–Trinajstić information content (AvgIpc) is 3.18. The van der Waals surface area contributed by atoms with E-state index < -0.39 is 22.6 Å². The summed E-state index contributed by atoms with van der Waals surface area (Å²) in [6.45, 7) is 1.40. The molecule has 126 valence electrons. The predicted octanol–water partition coefficient (Wildman–Crippen LogP) is 1.56. The maximum Gasteiger partial charge on any atom is 0.490 e. The van der Waals surface area contributed by atoms with Gasteiger partial charge in [0.1, 0.15) is 12.4 Å². The van der Waals surface area contributed by atoms with Gasteiger partial charge in [-0.05, 0) is 36.0 Å². The van der Waals surface area contributed by atoms with Gasteiger partial charge < -0.3 is 20.3 Å². The fourth-order valence-electron chi connectivity index (χ4n) is 2.59. The Morgan fingerprint density at radius 2 is 2.12 bits per heavy atom. The van der Waals surface area contributed by atoms with Crippen LogP contribution in [0.4, 0.5) is 21.7 Å². The summed E-state index contributed by atoms with van der Waals surface area (Å²) in [6, 6.07) is 4.52. The van der Waals surface area contributed by atoms with E-state index in [1.807, 2.05) is 4.90 Å². The monoisotopic (exact) mass is 334 g/mol. The molecular weight excluding hydrogens is 319 g/mol. The molecule has 0 saturated carbocycles. The zero-order valence-electron chi connectivity index (χ0n) is 12.7. The molecule has 2 aromatic rings. The number of carbonyl (C=O) groups is 1. The van der Waals surface area contributed by atoms with Crippen LogP contribution in [0.2, 0.25) is 0 Å². The number of carbonyl (C=O) groups excluding carboxylic acids is 1. The van der Waals surface area contributed by atoms with Gasteiger partial charge in [0, 0.05) is 23.9 Å². The van der Waals surface area contributed by atoms with Crippen molar-refractivity contribution in [2.24, 2.45) is 0 Å². The van der Waals surface area contributed by atoms with Crippen molar-refractivity contribution >= 4 is 23.2 Å². The Balaban J connectivity index is 1.63. The first-order valence-corrected chi connectivity index (χ1v) is 7.41. The van der Waals surface area contributed by atoms with Gasteiger partial charge in [0.2, 0.25) is 12.2 Å². The van der Waals surface area contributed by atoms with Crippen LogP contribution in [0.15, 0.2) is 24.5 Å². The van der Waals surface area contributed by atoms with Crippen molar-refractivity contribution in [1.29, 1.82) is 0 Å². The summed E-state index contributed by atoms with van der Waals surface area (Å²) in [5, 5.41) is 16.6. The summed E-state index contributed by atoms with van der Waals surface area (Å²) in [5.41, 5.74) is 0.840. The van der Waals surface area contributed by atoms with Crippen molar-refractivity contribution in [2.75, 3.05) is 23.3 Å². The number of aromatic nitrogens is 3. The van der Waals surface area contributed by atoms with Crippen LogP contribution in [0.1, 0.15) is 12.8 Å². The summed E-state index contributed by atoms with van der Waals surface area (Å²) in [7, 11) is 0. The summed E-state index contributed by atoms with van der Waals surface area (Å²) in [4.78, 5) is 27.1. The largest absolute Gasteiger partial charge is 0.490 e. The zero-order valence-corrected chi connectivity index (χ0v) is 12.7. The Bertz CT molecular complexity index is 772. The smallest absolute Gasteiger partial charge is 0.390 e. The Labute approximate surface area is 136 Å². The molecule has 10 heteroatoms. The van der Waals surface area contributed by atoms with Gasteiger partial charge in [-0.1, -0.05) is 4.98 Å². The number of nitrogens with zero attached hydrogens (tertiary/aromatic N) is 5. The molecule has 0 atom stereocenters. The van der Waals surface area contributed by atoms with Gasteiger partial charge in [-0.2, -0.15) is 4.68 Å². The second-order valence-electron chi connectivity index (χ2n) is 5.41. The lowest BCUT2D eigenvalue weighted by Crippen LogP contribution is -2.21. The zero-order chi connectivity index (χ0) is 17.1. The van der Waals surface area contributed by atoms with E-state index in [1.54, 1.807) is 12.1 Å². The van der Waals surface area contributed by atoms with E-state index >= 15 is 0 Å². The highest BCUT2D eigenvalue weighted by atomic mass is 19.1. The molecule has 0 unspecified atom stereocenters. The standard InChI is InChI=1S/C14H15FN6O3/c15-11-7-10(3-4-12(11)19-5-1-2-6-19)17-13(22)8-20-9-16-14(18-20)21(23)24/h3-4,7,9H,1-2,5-6,8H2,(H,17,22). The maximum atomic E-state index is 14.2. The van der Waals surface area contributed by atoms with E-state index in [-0.39, 0.29) is 6.54 Å². The van der Waals surface area contributed by atoms with Crippen LogP contribution in [0, 0.1) is 15.9 Å². The topological polar surface area (TPSA) is 106 Å². The first kappa shape index (κ1) is 15.8. The number of rotatable bonds is 5. The third kappa shape index (κ3) is 3.47. The van der Waals surface area contributed by atoms with Gasteiger partial charge in [-0.25, -0.2) is 4.39 Å². The SMILES string of the molecule is O=C(Cn1cnc([N+](=O)[O-])n1)Nc1ccc(N2CCCC2)c(F)c1. The summed E-state index contributed by atoms with van der Waals surface area (Å²) < 4.78 is 15.2. The number of anilines is 2. The van der Waals surface area contributed by atoms with E-state index in [0.29, 0.717) is 11.4 Å². The molecule has 1 saturated heterocycles. The number of amides is 1. The van der Waals surface area contributed by atoms with Crippen LogP contribution >= 0.6 is 0 Å². The first-order valence-electron chi connectivity index (χ1n) is 7.41.